The number of hydrogen-bond acceptors (Lipinski definition) is 6. The lowest BCUT2D eigenvalue weighted by molar-refractivity contribution is -0.126. The number of hydrogen-bond donors (Lipinski definition) is 1. The molecular weight excluding hydrogens is 397 g/mol. The predicted molar refractivity (Wildman–Crippen MR) is 116 cm³/mol. The number of ether oxygens (including phenoxy) is 1. The van der Waals surface area contributed by atoms with Gasteiger partial charge in [-0.15, -0.1) is 10.2 Å². The third-order valence-electron chi connectivity index (χ3n) is 6.20. The topological polar surface area (TPSA) is 70.6 Å². The van der Waals surface area contributed by atoms with Crippen LogP contribution in [0.15, 0.2) is 36.4 Å². The Bertz CT molecular complexity index is 853. The zero-order chi connectivity index (χ0) is 21.6. The first-order valence-corrected chi connectivity index (χ1v) is 11.0. The summed E-state index contributed by atoms with van der Waals surface area (Å²) in [5, 5.41) is 11.5. The van der Waals surface area contributed by atoms with E-state index in [4.69, 9.17) is 4.74 Å². The first-order chi connectivity index (χ1) is 15.1. The Morgan fingerprint density at radius 3 is 2.55 bits per heavy atom. The van der Waals surface area contributed by atoms with Crippen molar-refractivity contribution < 1.29 is 13.9 Å². The highest BCUT2D eigenvalue weighted by Crippen LogP contribution is 2.23. The molecule has 0 unspecified atom stereocenters. The molecule has 1 aromatic carbocycles. The molecule has 8 heteroatoms. The second-order valence-electron chi connectivity index (χ2n) is 8.40. The third kappa shape index (κ3) is 5.70. The minimum Gasteiger partial charge on any atom is -0.480 e. The van der Waals surface area contributed by atoms with Gasteiger partial charge in [0.15, 0.2) is 5.82 Å². The number of piperidine rings is 2. The molecule has 2 aliphatic rings. The standard InChI is InChI=1S/C23H30FN5O2/c1-31-22-9-8-21(26-27-22)29-12-2-3-18(16-29)23(30)25-20-10-13-28(14-11-20)15-17-4-6-19(24)7-5-17/h4-9,18,20H,2-3,10-16H2,1H3,(H,25,30)/t18-/m1/s1. The minimum absolute atomic E-state index is 0.0325. The first kappa shape index (κ1) is 21.5. The van der Waals surface area contributed by atoms with Gasteiger partial charge < -0.3 is 15.0 Å². The Hall–Kier alpha value is -2.74. The van der Waals surface area contributed by atoms with Gasteiger partial charge in [0.05, 0.1) is 13.0 Å². The van der Waals surface area contributed by atoms with Gasteiger partial charge in [0.1, 0.15) is 5.82 Å². The van der Waals surface area contributed by atoms with Crippen molar-refractivity contribution >= 4 is 11.7 Å². The highest BCUT2D eigenvalue weighted by Gasteiger charge is 2.29. The normalized spacial score (nSPS) is 20.5. The number of rotatable bonds is 6. The number of halogens is 1. The van der Waals surface area contributed by atoms with E-state index in [2.05, 4.69) is 25.3 Å². The van der Waals surface area contributed by atoms with Crippen LogP contribution in [0.5, 0.6) is 5.88 Å². The SMILES string of the molecule is COc1ccc(N2CCC[C@@H](C(=O)NC3CCN(Cc4ccc(F)cc4)CC3)C2)nn1. The van der Waals surface area contributed by atoms with Gasteiger partial charge in [-0.2, -0.15) is 0 Å². The number of anilines is 1. The van der Waals surface area contributed by atoms with Crippen molar-refractivity contribution in [2.75, 3.05) is 38.2 Å². The molecule has 166 valence electrons. The maximum absolute atomic E-state index is 13.1. The van der Waals surface area contributed by atoms with Crippen molar-refractivity contribution in [3.8, 4) is 5.88 Å². The number of benzene rings is 1. The van der Waals surface area contributed by atoms with Crippen LogP contribution in [0.3, 0.4) is 0 Å². The second kappa shape index (κ2) is 10.0. The number of nitrogens with one attached hydrogen (secondary N) is 1. The van der Waals surface area contributed by atoms with Gasteiger partial charge in [-0.05, 0) is 49.4 Å². The smallest absolute Gasteiger partial charge is 0.233 e. The third-order valence-corrected chi connectivity index (χ3v) is 6.20. The number of methoxy groups -OCH3 is 1. The number of carbonyl (C=O) groups excluding carboxylic acids is 1. The molecule has 2 fully saturated rings. The van der Waals surface area contributed by atoms with Gasteiger partial charge in [0.2, 0.25) is 11.8 Å². The Morgan fingerprint density at radius 1 is 1.10 bits per heavy atom. The number of aromatic nitrogens is 2. The van der Waals surface area contributed by atoms with Crippen LogP contribution in [0, 0.1) is 11.7 Å². The fourth-order valence-corrected chi connectivity index (χ4v) is 4.39. The maximum atomic E-state index is 13.1. The molecule has 0 bridgehead atoms. The molecule has 31 heavy (non-hydrogen) atoms. The van der Waals surface area contributed by atoms with Crippen LogP contribution < -0.4 is 15.0 Å². The summed E-state index contributed by atoms with van der Waals surface area (Å²) < 4.78 is 18.1. The molecule has 4 rings (SSSR count). The van der Waals surface area contributed by atoms with Crippen LogP contribution >= 0.6 is 0 Å². The second-order valence-corrected chi connectivity index (χ2v) is 8.40. The molecule has 0 radical (unpaired) electrons. The lowest BCUT2D eigenvalue weighted by atomic mass is 9.95. The fourth-order valence-electron chi connectivity index (χ4n) is 4.39. The van der Waals surface area contributed by atoms with E-state index in [9.17, 15) is 9.18 Å². The quantitative estimate of drug-likeness (QED) is 0.764. The van der Waals surface area contributed by atoms with E-state index in [0.29, 0.717) is 12.4 Å². The van der Waals surface area contributed by atoms with Crippen LogP contribution in [-0.2, 0) is 11.3 Å². The van der Waals surface area contributed by atoms with E-state index in [0.717, 1.165) is 63.2 Å². The van der Waals surface area contributed by atoms with E-state index < -0.39 is 0 Å². The monoisotopic (exact) mass is 427 g/mol. The zero-order valence-electron chi connectivity index (χ0n) is 18.0. The summed E-state index contributed by atoms with van der Waals surface area (Å²) in [5.74, 6) is 1.18. The van der Waals surface area contributed by atoms with E-state index >= 15 is 0 Å². The van der Waals surface area contributed by atoms with Crippen LogP contribution in [0.2, 0.25) is 0 Å². The number of nitrogens with zero attached hydrogens (tertiary/aromatic N) is 4. The average Bonchev–Trinajstić information content (AvgIpc) is 2.82. The lowest BCUT2D eigenvalue weighted by Crippen LogP contribution is -2.49. The Kier molecular flexibility index (Phi) is 6.96. The fraction of sp³-hybridized carbons (Fsp3) is 0.522. The minimum atomic E-state index is -0.203. The highest BCUT2D eigenvalue weighted by atomic mass is 19.1. The summed E-state index contributed by atoms with van der Waals surface area (Å²) in [6, 6.07) is 10.6. The Labute approximate surface area is 182 Å². The van der Waals surface area contributed by atoms with Crippen LogP contribution in [0.25, 0.3) is 0 Å². The molecule has 1 atom stereocenters. The summed E-state index contributed by atoms with van der Waals surface area (Å²) in [6.45, 7) is 4.23. The van der Waals surface area contributed by atoms with Crippen LogP contribution in [0.1, 0.15) is 31.2 Å². The Balaban J connectivity index is 1.24. The highest BCUT2D eigenvalue weighted by molar-refractivity contribution is 5.79. The Morgan fingerprint density at radius 2 is 1.87 bits per heavy atom. The van der Waals surface area contributed by atoms with Crippen molar-refractivity contribution in [1.29, 1.82) is 0 Å². The molecule has 2 aliphatic heterocycles. The number of likely N-dealkylation sites (tertiary alicyclic amines) is 1. The average molecular weight is 428 g/mol. The van der Waals surface area contributed by atoms with Crippen molar-refractivity contribution in [3.05, 3.63) is 47.8 Å². The van der Waals surface area contributed by atoms with Crippen LogP contribution in [-0.4, -0.2) is 60.3 Å². The summed E-state index contributed by atoms with van der Waals surface area (Å²) >= 11 is 0. The molecule has 0 aliphatic carbocycles. The van der Waals surface area contributed by atoms with E-state index in [1.54, 1.807) is 13.2 Å². The van der Waals surface area contributed by atoms with E-state index in [1.807, 2.05) is 18.2 Å². The predicted octanol–water partition coefficient (Wildman–Crippen LogP) is 2.62. The molecule has 1 amide bonds. The molecule has 1 N–H and O–H groups in total. The molecule has 7 nitrogen and oxygen atoms in total. The maximum Gasteiger partial charge on any atom is 0.233 e. The van der Waals surface area contributed by atoms with Crippen molar-refractivity contribution in [2.45, 2.75) is 38.3 Å². The van der Waals surface area contributed by atoms with Gasteiger partial charge in [-0.25, -0.2) is 4.39 Å². The molecule has 2 aromatic rings. The van der Waals surface area contributed by atoms with E-state index in [1.165, 1.54) is 12.1 Å². The van der Waals surface area contributed by atoms with Gasteiger partial charge in [0, 0.05) is 44.8 Å². The summed E-state index contributed by atoms with van der Waals surface area (Å²) in [4.78, 5) is 17.4. The summed E-state index contributed by atoms with van der Waals surface area (Å²) in [7, 11) is 1.57. The molecule has 1 aromatic heterocycles. The molecular formula is C23H30FN5O2. The van der Waals surface area contributed by atoms with E-state index in [-0.39, 0.29) is 23.7 Å². The van der Waals surface area contributed by atoms with Crippen molar-refractivity contribution in [1.82, 2.24) is 20.4 Å². The summed E-state index contributed by atoms with van der Waals surface area (Å²) in [5.41, 5.74) is 1.12. The zero-order valence-corrected chi connectivity index (χ0v) is 18.0. The number of carbonyl (C=O) groups is 1. The molecule has 0 spiro atoms. The van der Waals surface area contributed by atoms with Gasteiger partial charge in [-0.3, -0.25) is 9.69 Å². The summed E-state index contributed by atoms with van der Waals surface area (Å²) in [6.07, 6.45) is 3.73. The van der Waals surface area contributed by atoms with Crippen molar-refractivity contribution in [3.63, 3.8) is 0 Å². The molecule has 3 heterocycles. The van der Waals surface area contributed by atoms with Gasteiger partial charge in [0.25, 0.3) is 0 Å². The van der Waals surface area contributed by atoms with Crippen LogP contribution in [0.4, 0.5) is 10.2 Å². The molecule has 0 saturated carbocycles. The first-order valence-electron chi connectivity index (χ1n) is 11.0. The largest absolute Gasteiger partial charge is 0.480 e. The number of amides is 1. The van der Waals surface area contributed by atoms with Crippen molar-refractivity contribution in [2.24, 2.45) is 5.92 Å². The van der Waals surface area contributed by atoms with Gasteiger partial charge >= 0.3 is 0 Å². The lowest BCUT2D eigenvalue weighted by Gasteiger charge is -2.35. The molecule has 2 saturated heterocycles. The van der Waals surface area contributed by atoms with Gasteiger partial charge in [-0.1, -0.05) is 12.1 Å².